The van der Waals surface area contributed by atoms with Crippen molar-refractivity contribution in [2.45, 2.75) is 12.5 Å². The molecule has 0 aliphatic heterocycles. The van der Waals surface area contributed by atoms with Crippen LogP contribution in [0.3, 0.4) is 0 Å². The van der Waals surface area contributed by atoms with E-state index in [2.05, 4.69) is 30.6 Å². The lowest BCUT2D eigenvalue weighted by Crippen LogP contribution is -2.43. The summed E-state index contributed by atoms with van der Waals surface area (Å²) < 4.78 is 0. The molecule has 0 aromatic heterocycles. The summed E-state index contributed by atoms with van der Waals surface area (Å²) in [5.41, 5.74) is 0. The average molecular weight is 237 g/mol. The van der Waals surface area contributed by atoms with Crippen LogP contribution in [-0.2, 0) is 14.4 Å². The summed E-state index contributed by atoms with van der Waals surface area (Å²) in [6, 6.07) is -1.01. The maximum absolute atomic E-state index is 11.1. The molecule has 0 aliphatic carbocycles. The first-order chi connectivity index (χ1) is 6.51. The van der Waals surface area contributed by atoms with Crippen molar-refractivity contribution in [3.05, 3.63) is 0 Å². The monoisotopic (exact) mass is 237 g/mol. The fraction of sp³-hybridized carbons (Fsp3) is 0.571. The van der Waals surface area contributed by atoms with Gasteiger partial charge < -0.3 is 10.4 Å². The highest BCUT2D eigenvalue weighted by atomic mass is 32.1. The molecule has 0 aromatic carbocycles. The molecule has 0 unspecified atom stereocenters. The Bertz CT molecular complexity index is 244. The molecule has 2 N–H and O–H groups in total. The van der Waals surface area contributed by atoms with Crippen molar-refractivity contribution >= 4 is 42.9 Å². The summed E-state index contributed by atoms with van der Waals surface area (Å²) >= 11 is 7.40. The smallest absolute Gasteiger partial charge is 0.305 e. The Morgan fingerprint density at radius 3 is 2.14 bits per heavy atom. The van der Waals surface area contributed by atoms with Crippen LogP contribution in [-0.4, -0.2) is 40.3 Å². The number of carboxylic acids is 1. The van der Waals surface area contributed by atoms with E-state index in [1.165, 1.54) is 0 Å². The number of carbonyl (C=O) groups excluding carboxylic acids is 2. The van der Waals surface area contributed by atoms with E-state index in [9.17, 15) is 14.4 Å². The Hall–Kier alpha value is -0.690. The molecule has 0 saturated carbocycles. The lowest BCUT2D eigenvalue weighted by atomic mass is 10.1. The predicted octanol–water partition coefficient (Wildman–Crippen LogP) is -0.625. The molecule has 0 aliphatic rings. The molecule has 0 saturated heterocycles. The second-order valence-electron chi connectivity index (χ2n) is 2.50. The SMILES string of the molecule is O=C(O)C[C@H](NC(=O)CS)C(=O)CS. The highest BCUT2D eigenvalue weighted by Crippen LogP contribution is 1.97. The molecular formula is C7H11NO4S2. The van der Waals surface area contributed by atoms with Crippen LogP contribution < -0.4 is 5.32 Å². The molecule has 0 rings (SSSR count). The van der Waals surface area contributed by atoms with E-state index >= 15 is 0 Å². The van der Waals surface area contributed by atoms with Gasteiger partial charge in [0, 0.05) is 0 Å². The first-order valence-electron chi connectivity index (χ1n) is 3.76. The van der Waals surface area contributed by atoms with Gasteiger partial charge in [0.1, 0.15) is 0 Å². The van der Waals surface area contributed by atoms with Gasteiger partial charge in [0.2, 0.25) is 5.91 Å². The number of amides is 1. The third kappa shape index (κ3) is 5.13. The molecule has 7 heteroatoms. The third-order valence-corrected chi connectivity index (χ3v) is 2.00. The minimum absolute atomic E-state index is 0.0873. The normalized spacial score (nSPS) is 11.9. The molecule has 1 atom stereocenters. The van der Waals surface area contributed by atoms with Gasteiger partial charge in [-0.25, -0.2) is 0 Å². The molecule has 80 valence electrons. The van der Waals surface area contributed by atoms with E-state index in [1.54, 1.807) is 0 Å². The molecule has 0 radical (unpaired) electrons. The molecule has 0 fully saturated rings. The predicted molar refractivity (Wildman–Crippen MR) is 56.9 cm³/mol. The Labute approximate surface area is 92.1 Å². The van der Waals surface area contributed by atoms with Crippen LogP contribution in [0.4, 0.5) is 0 Å². The minimum Gasteiger partial charge on any atom is -0.481 e. The van der Waals surface area contributed by atoms with Gasteiger partial charge in [0.15, 0.2) is 5.78 Å². The molecule has 0 heterocycles. The van der Waals surface area contributed by atoms with Crippen LogP contribution >= 0.6 is 25.3 Å². The zero-order valence-corrected chi connectivity index (χ0v) is 9.05. The molecule has 14 heavy (non-hydrogen) atoms. The average Bonchev–Trinajstić information content (AvgIpc) is 2.14. The Morgan fingerprint density at radius 2 is 1.79 bits per heavy atom. The van der Waals surface area contributed by atoms with Gasteiger partial charge in [-0.15, -0.1) is 0 Å². The summed E-state index contributed by atoms with van der Waals surface area (Å²) in [5.74, 6) is -2.24. The number of carbonyl (C=O) groups is 3. The van der Waals surface area contributed by atoms with Crippen LogP contribution in [0.2, 0.25) is 0 Å². The van der Waals surface area contributed by atoms with Crippen LogP contribution in [0.1, 0.15) is 6.42 Å². The van der Waals surface area contributed by atoms with Gasteiger partial charge in [0.25, 0.3) is 0 Å². The molecular weight excluding hydrogens is 226 g/mol. The summed E-state index contributed by atoms with van der Waals surface area (Å²) in [7, 11) is 0. The van der Waals surface area contributed by atoms with Crippen molar-refractivity contribution in [2.24, 2.45) is 0 Å². The van der Waals surface area contributed by atoms with Crippen LogP contribution in [0.15, 0.2) is 0 Å². The second kappa shape index (κ2) is 6.72. The highest BCUT2D eigenvalue weighted by molar-refractivity contribution is 7.81. The number of nitrogens with one attached hydrogen (secondary N) is 1. The summed E-state index contributed by atoms with van der Waals surface area (Å²) in [4.78, 5) is 32.3. The van der Waals surface area contributed by atoms with Gasteiger partial charge >= 0.3 is 5.97 Å². The van der Waals surface area contributed by atoms with Crippen LogP contribution in [0.5, 0.6) is 0 Å². The van der Waals surface area contributed by atoms with E-state index in [0.29, 0.717) is 0 Å². The molecule has 1 amide bonds. The van der Waals surface area contributed by atoms with E-state index in [-0.39, 0.29) is 11.5 Å². The van der Waals surface area contributed by atoms with Gasteiger partial charge in [-0.2, -0.15) is 25.3 Å². The van der Waals surface area contributed by atoms with E-state index in [4.69, 9.17) is 5.11 Å². The lowest BCUT2D eigenvalue weighted by Gasteiger charge is -2.13. The number of rotatable bonds is 6. The quantitative estimate of drug-likeness (QED) is 0.464. The maximum atomic E-state index is 11.1. The minimum atomic E-state index is -1.15. The van der Waals surface area contributed by atoms with E-state index in [0.717, 1.165) is 0 Å². The topological polar surface area (TPSA) is 83.5 Å². The Balaban J connectivity index is 4.31. The fourth-order valence-corrected chi connectivity index (χ4v) is 1.08. The maximum Gasteiger partial charge on any atom is 0.305 e. The third-order valence-electron chi connectivity index (χ3n) is 1.40. The van der Waals surface area contributed by atoms with E-state index in [1.807, 2.05) is 0 Å². The van der Waals surface area contributed by atoms with Crippen molar-refractivity contribution in [3.8, 4) is 0 Å². The first-order valence-corrected chi connectivity index (χ1v) is 5.03. The standard InChI is InChI=1S/C7H11NO4S2/c9-5(2-13)4(1-7(11)12)8-6(10)3-14/h4,13-14H,1-3H2,(H,8,10)(H,11,12)/t4-/m0/s1. The van der Waals surface area contributed by atoms with Gasteiger partial charge in [-0.05, 0) is 0 Å². The van der Waals surface area contributed by atoms with Crippen LogP contribution in [0.25, 0.3) is 0 Å². The van der Waals surface area contributed by atoms with Crippen molar-refractivity contribution in [1.29, 1.82) is 0 Å². The van der Waals surface area contributed by atoms with E-state index < -0.39 is 30.1 Å². The molecule has 0 bridgehead atoms. The largest absolute Gasteiger partial charge is 0.481 e. The van der Waals surface area contributed by atoms with Crippen molar-refractivity contribution < 1.29 is 19.5 Å². The van der Waals surface area contributed by atoms with Gasteiger partial charge in [-0.3, -0.25) is 14.4 Å². The summed E-state index contributed by atoms with van der Waals surface area (Å²) in [5, 5.41) is 10.7. The van der Waals surface area contributed by atoms with Crippen molar-refractivity contribution in [3.63, 3.8) is 0 Å². The number of thiol groups is 2. The number of ketones is 1. The number of aliphatic carboxylic acids is 1. The number of hydrogen-bond donors (Lipinski definition) is 4. The molecule has 5 nitrogen and oxygen atoms in total. The summed E-state index contributed by atoms with van der Waals surface area (Å²) in [6.07, 6.45) is -0.432. The van der Waals surface area contributed by atoms with Crippen molar-refractivity contribution in [1.82, 2.24) is 5.32 Å². The summed E-state index contributed by atoms with van der Waals surface area (Å²) in [6.45, 7) is 0. The van der Waals surface area contributed by atoms with Crippen LogP contribution in [0, 0.1) is 0 Å². The first kappa shape index (κ1) is 13.3. The zero-order valence-electron chi connectivity index (χ0n) is 7.27. The number of Topliss-reactive ketones (excluding diaryl/α,β-unsaturated/α-hetero) is 1. The Morgan fingerprint density at radius 1 is 1.21 bits per heavy atom. The van der Waals surface area contributed by atoms with Gasteiger partial charge in [0.05, 0.1) is 24.0 Å². The second-order valence-corrected chi connectivity index (χ2v) is 3.13. The Kier molecular flexibility index (Phi) is 6.39. The van der Waals surface area contributed by atoms with Gasteiger partial charge in [-0.1, -0.05) is 0 Å². The zero-order chi connectivity index (χ0) is 11.1. The fourth-order valence-electron chi connectivity index (χ4n) is 0.770. The number of hydrogen-bond acceptors (Lipinski definition) is 5. The number of carboxylic acid groups (broad SMARTS) is 1. The molecule has 0 aromatic rings. The van der Waals surface area contributed by atoms with Crippen molar-refractivity contribution in [2.75, 3.05) is 11.5 Å². The highest BCUT2D eigenvalue weighted by Gasteiger charge is 2.21. The lowest BCUT2D eigenvalue weighted by molar-refractivity contribution is -0.139. The molecule has 0 spiro atoms.